The first-order valence-electron chi connectivity index (χ1n) is 14.5. The number of cyclic esters (lactones) is 1. The van der Waals surface area contributed by atoms with Gasteiger partial charge in [0.2, 0.25) is 0 Å². The molecule has 9 heteroatoms. The van der Waals surface area contributed by atoms with Crippen molar-refractivity contribution in [3.05, 3.63) is 11.6 Å². The van der Waals surface area contributed by atoms with Gasteiger partial charge in [0.05, 0.1) is 23.9 Å². The molecule has 214 valence electrons. The Balaban J connectivity index is 1.18. The quantitative estimate of drug-likeness (QED) is 0.267. The van der Waals surface area contributed by atoms with Gasteiger partial charge in [-0.15, -0.1) is 0 Å². The third-order valence-electron chi connectivity index (χ3n) is 12.0. The van der Waals surface area contributed by atoms with Crippen molar-refractivity contribution in [2.45, 2.75) is 121 Å². The van der Waals surface area contributed by atoms with Crippen LogP contribution in [0.25, 0.3) is 0 Å². The summed E-state index contributed by atoms with van der Waals surface area (Å²) in [4.78, 5) is 11.8. The lowest BCUT2D eigenvalue weighted by molar-refractivity contribution is -0.310. The molecule has 5 fully saturated rings. The summed E-state index contributed by atoms with van der Waals surface area (Å²) in [6.45, 7) is 6.33. The van der Waals surface area contributed by atoms with Gasteiger partial charge in [0.15, 0.2) is 6.29 Å². The molecule has 0 aromatic heterocycles. The topological polar surface area (TPSA) is 146 Å². The number of carbonyl (C=O) groups excluding carboxylic acids is 1. The van der Waals surface area contributed by atoms with Crippen LogP contribution in [0, 0.1) is 34.5 Å². The summed E-state index contributed by atoms with van der Waals surface area (Å²) in [7, 11) is 0. The van der Waals surface area contributed by atoms with E-state index in [4.69, 9.17) is 14.2 Å². The summed E-state index contributed by atoms with van der Waals surface area (Å²) >= 11 is 0. The highest BCUT2D eigenvalue weighted by Crippen LogP contribution is 2.70. The van der Waals surface area contributed by atoms with Crippen LogP contribution in [0.1, 0.15) is 72.1 Å². The molecule has 0 spiro atoms. The minimum absolute atomic E-state index is 0.0314. The Kier molecular flexibility index (Phi) is 6.58. The van der Waals surface area contributed by atoms with Crippen molar-refractivity contribution in [1.82, 2.24) is 0 Å². The zero-order chi connectivity index (χ0) is 27.2. The summed E-state index contributed by atoms with van der Waals surface area (Å²) in [5.74, 6) is 0.176. The highest BCUT2D eigenvalue weighted by Gasteiger charge is 2.70. The predicted octanol–water partition coefficient (Wildman–Crippen LogP) is 1.43. The minimum atomic E-state index is -1.30. The highest BCUT2D eigenvalue weighted by molar-refractivity contribution is 5.85. The van der Waals surface area contributed by atoms with E-state index in [1.807, 2.05) is 0 Å². The molecule has 14 atom stereocenters. The maximum atomic E-state index is 12.4. The third-order valence-corrected chi connectivity index (χ3v) is 12.0. The van der Waals surface area contributed by atoms with E-state index < -0.39 is 47.8 Å². The number of esters is 1. The van der Waals surface area contributed by atoms with Crippen molar-refractivity contribution in [3.63, 3.8) is 0 Å². The van der Waals surface area contributed by atoms with Gasteiger partial charge in [-0.05, 0) is 80.6 Å². The molecule has 0 aromatic rings. The van der Waals surface area contributed by atoms with Crippen molar-refractivity contribution in [2.75, 3.05) is 6.61 Å². The van der Waals surface area contributed by atoms with Crippen LogP contribution >= 0.6 is 0 Å². The smallest absolute Gasteiger partial charge is 0.331 e. The van der Waals surface area contributed by atoms with Gasteiger partial charge in [0.25, 0.3) is 0 Å². The van der Waals surface area contributed by atoms with Crippen molar-refractivity contribution in [1.29, 1.82) is 0 Å². The molecular weight excluding hydrogens is 492 g/mol. The number of hydrogen-bond donors (Lipinski definition) is 5. The van der Waals surface area contributed by atoms with Gasteiger partial charge in [-0.1, -0.05) is 13.8 Å². The van der Waals surface area contributed by atoms with Crippen LogP contribution in [0.3, 0.4) is 0 Å². The normalized spacial score (nSPS) is 56.5. The Hall–Kier alpha value is -1.07. The van der Waals surface area contributed by atoms with Crippen LogP contribution in [-0.2, 0) is 19.0 Å². The van der Waals surface area contributed by atoms with Gasteiger partial charge in [-0.3, -0.25) is 0 Å². The number of ether oxygens (including phenoxy) is 3. The van der Waals surface area contributed by atoms with E-state index in [9.17, 15) is 30.3 Å². The van der Waals surface area contributed by atoms with Gasteiger partial charge >= 0.3 is 5.97 Å². The van der Waals surface area contributed by atoms with Crippen molar-refractivity contribution in [2.24, 2.45) is 34.5 Å². The fourth-order valence-electron chi connectivity index (χ4n) is 9.89. The van der Waals surface area contributed by atoms with Crippen LogP contribution in [0.5, 0.6) is 0 Å². The minimum Gasteiger partial charge on any atom is -0.458 e. The molecule has 9 nitrogen and oxygen atoms in total. The lowest BCUT2D eigenvalue weighted by atomic mass is 9.43. The maximum absolute atomic E-state index is 12.4. The van der Waals surface area contributed by atoms with E-state index in [-0.39, 0.29) is 35.9 Å². The maximum Gasteiger partial charge on any atom is 0.331 e. The standard InChI is InChI=1S/C29H44O9/c1-14-23(32)24(33)25(34)26(37-14)38-17-6-8-27(2)16(11-17)4-5-19-18(27)7-9-28(3)22(15-10-21(31)36-13-15)20(30)12-29(19,28)35/h10,14,16-20,22-26,30,32-35H,4-9,11-13H2,1-3H3/t14-,16-,17+,18+,19-,20+,22+,23-,24+,25-,26+,27+,28-,29+/m1/s1. The Morgan fingerprint density at radius 3 is 2.45 bits per heavy atom. The highest BCUT2D eigenvalue weighted by atomic mass is 16.7. The van der Waals surface area contributed by atoms with E-state index in [0.717, 1.165) is 50.5 Å². The van der Waals surface area contributed by atoms with Crippen LogP contribution < -0.4 is 0 Å². The Bertz CT molecular complexity index is 985. The number of fused-ring (bicyclic) bond motifs is 5. The number of rotatable bonds is 3. The number of carbonyl (C=O) groups is 1. The second-order valence-electron chi connectivity index (χ2n) is 13.7. The molecule has 6 aliphatic rings. The molecule has 4 aliphatic carbocycles. The fourth-order valence-corrected chi connectivity index (χ4v) is 9.89. The molecule has 0 aromatic carbocycles. The molecule has 0 radical (unpaired) electrons. The summed E-state index contributed by atoms with van der Waals surface area (Å²) in [6.07, 6.45) is 1.83. The largest absolute Gasteiger partial charge is 0.458 e. The molecule has 2 aliphatic heterocycles. The third kappa shape index (κ3) is 3.80. The van der Waals surface area contributed by atoms with E-state index in [1.165, 1.54) is 6.08 Å². The van der Waals surface area contributed by atoms with E-state index in [2.05, 4.69) is 13.8 Å². The van der Waals surface area contributed by atoms with Gasteiger partial charge in [-0.25, -0.2) is 4.79 Å². The van der Waals surface area contributed by atoms with Crippen molar-refractivity contribution >= 4 is 5.97 Å². The first-order valence-corrected chi connectivity index (χ1v) is 14.5. The fraction of sp³-hybridized carbons (Fsp3) is 0.897. The summed E-state index contributed by atoms with van der Waals surface area (Å²) < 4.78 is 17.1. The van der Waals surface area contributed by atoms with Crippen LogP contribution in [0.4, 0.5) is 0 Å². The summed E-state index contributed by atoms with van der Waals surface area (Å²) in [5.41, 5.74) is -0.658. The predicted molar refractivity (Wildman–Crippen MR) is 134 cm³/mol. The molecule has 0 unspecified atom stereocenters. The lowest BCUT2D eigenvalue weighted by Gasteiger charge is -2.63. The van der Waals surface area contributed by atoms with Gasteiger partial charge < -0.3 is 39.7 Å². The van der Waals surface area contributed by atoms with Crippen molar-refractivity contribution < 1.29 is 44.5 Å². The van der Waals surface area contributed by atoms with E-state index in [0.29, 0.717) is 18.3 Å². The molecule has 0 bridgehead atoms. The molecule has 6 rings (SSSR count). The molecule has 38 heavy (non-hydrogen) atoms. The number of aliphatic hydroxyl groups is 5. The number of aliphatic hydroxyl groups excluding tert-OH is 4. The molecule has 1 saturated heterocycles. The van der Waals surface area contributed by atoms with Crippen LogP contribution in [-0.4, -0.2) is 86.6 Å². The lowest BCUT2D eigenvalue weighted by Crippen LogP contribution is -2.62. The monoisotopic (exact) mass is 536 g/mol. The van der Waals surface area contributed by atoms with Gasteiger partial charge in [0, 0.05) is 23.8 Å². The Morgan fingerprint density at radius 2 is 1.74 bits per heavy atom. The molecule has 0 amide bonds. The summed E-state index contributed by atoms with van der Waals surface area (Å²) in [5, 5.41) is 54.2. The Labute approximate surface area is 224 Å². The Morgan fingerprint density at radius 1 is 0.974 bits per heavy atom. The zero-order valence-electron chi connectivity index (χ0n) is 22.7. The molecule has 4 saturated carbocycles. The van der Waals surface area contributed by atoms with Crippen LogP contribution in [0.15, 0.2) is 11.6 Å². The van der Waals surface area contributed by atoms with E-state index in [1.54, 1.807) is 6.92 Å². The summed E-state index contributed by atoms with van der Waals surface area (Å²) in [6, 6.07) is 0. The van der Waals surface area contributed by atoms with Gasteiger partial charge in [-0.2, -0.15) is 0 Å². The van der Waals surface area contributed by atoms with Gasteiger partial charge in [0.1, 0.15) is 24.9 Å². The second kappa shape index (κ2) is 9.23. The number of hydrogen-bond acceptors (Lipinski definition) is 9. The zero-order valence-corrected chi connectivity index (χ0v) is 22.7. The van der Waals surface area contributed by atoms with Crippen LogP contribution in [0.2, 0.25) is 0 Å². The first-order chi connectivity index (χ1) is 17.9. The average Bonchev–Trinajstić information content (AvgIpc) is 3.37. The second-order valence-corrected chi connectivity index (χ2v) is 13.7. The SMILES string of the molecule is C[C@H]1O[C@@H](O[C@H]2CC[C@@]3(C)[C@H](CC[C@@H]4[C@@H]3CC[C@]3(C)[C@@H](C5=CC(=O)OC5)[C@@H](O)C[C@]43O)C2)[C@H](O)[C@@H](O)[C@@H]1O. The van der Waals surface area contributed by atoms with Crippen molar-refractivity contribution in [3.8, 4) is 0 Å². The first kappa shape index (κ1) is 27.1. The average molecular weight is 537 g/mol. The van der Waals surface area contributed by atoms with E-state index >= 15 is 0 Å². The molecule has 5 N–H and O–H groups in total. The molecule has 2 heterocycles. The molecular formula is C29H44O9.